The van der Waals surface area contributed by atoms with Gasteiger partial charge in [-0.2, -0.15) is 0 Å². The molecule has 1 aromatic carbocycles. The first kappa shape index (κ1) is 26.3. The zero-order valence-electron chi connectivity index (χ0n) is 18.7. The fourth-order valence-corrected chi connectivity index (χ4v) is 3.94. The number of hydrogen-bond acceptors (Lipinski definition) is 4. The van der Waals surface area contributed by atoms with Gasteiger partial charge in [0.2, 0.25) is 0 Å². The van der Waals surface area contributed by atoms with E-state index in [9.17, 15) is 4.39 Å². The summed E-state index contributed by atoms with van der Waals surface area (Å²) >= 11 is 0. The zero-order valence-corrected chi connectivity index (χ0v) is 21.0. The third kappa shape index (κ3) is 10.0. The van der Waals surface area contributed by atoms with Crippen molar-refractivity contribution in [3.05, 3.63) is 35.6 Å². The topological polar surface area (TPSA) is 58.1 Å². The summed E-state index contributed by atoms with van der Waals surface area (Å²) in [5.41, 5.74) is 1.17. The lowest BCUT2D eigenvalue weighted by Crippen LogP contribution is -2.48. The molecule has 0 spiro atoms. The Hall–Kier alpha value is -0.970. The highest BCUT2D eigenvalue weighted by molar-refractivity contribution is 14.0. The van der Waals surface area contributed by atoms with E-state index in [4.69, 9.17) is 14.5 Å². The number of benzene rings is 1. The first-order valence-corrected chi connectivity index (χ1v) is 11.4. The number of guanidine groups is 1. The zero-order chi connectivity index (χ0) is 21.0. The van der Waals surface area contributed by atoms with E-state index in [0.717, 1.165) is 90.6 Å². The number of rotatable bonds is 9. The van der Waals surface area contributed by atoms with Crippen LogP contribution in [0.2, 0.25) is 0 Å². The predicted octanol–water partition coefficient (Wildman–Crippen LogP) is 3.55. The Morgan fingerprint density at radius 1 is 1.16 bits per heavy atom. The van der Waals surface area contributed by atoms with Crippen LogP contribution in [0, 0.1) is 5.82 Å². The molecule has 2 aliphatic rings. The minimum Gasteiger partial charge on any atom is -0.381 e. The van der Waals surface area contributed by atoms with E-state index >= 15 is 0 Å². The molecule has 176 valence electrons. The maximum absolute atomic E-state index is 13.1. The van der Waals surface area contributed by atoms with Crippen molar-refractivity contribution in [2.75, 3.05) is 46.0 Å². The van der Waals surface area contributed by atoms with Crippen LogP contribution in [0.5, 0.6) is 0 Å². The number of piperidine rings is 1. The molecule has 0 unspecified atom stereocenters. The molecule has 0 radical (unpaired) electrons. The summed E-state index contributed by atoms with van der Waals surface area (Å²) in [6.45, 7) is 9.07. The van der Waals surface area contributed by atoms with Gasteiger partial charge in [-0.3, -0.25) is 9.89 Å². The van der Waals surface area contributed by atoms with Crippen molar-refractivity contribution in [3.63, 3.8) is 0 Å². The van der Waals surface area contributed by atoms with E-state index in [1.165, 1.54) is 17.7 Å². The van der Waals surface area contributed by atoms with Crippen molar-refractivity contribution >= 4 is 29.9 Å². The number of nitrogens with one attached hydrogen (secondary N) is 2. The van der Waals surface area contributed by atoms with Gasteiger partial charge in [0.05, 0.1) is 6.10 Å². The predicted molar refractivity (Wildman–Crippen MR) is 134 cm³/mol. The summed E-state index contributed by atoms with van der Waals surface area (Å²) in [6, 6.07) is 7.27. The van der Waals surface area contributed by atoms with Gasteiger partial charge in [0.25, 0.3) is 0 Å². The first-order chi connectivity index (χ1) is 14.7. The highest BCUT2D eigenvalue weighted by Gasteiger charge is 2.20. The van der Waals surface area contributed by atoms with Gasteiger partial charge < -0.3 is 20.1 Å². The van der Waals surface area contributed by atoms with Crippen molar-refractivity contribution in [3.8, 4) is 0 Å². The van der Waals surface area contributed by atoms with Gasteiger partial charge in [-0.05, 0) is 56.7 Å². The van der Waals surface area contributed by atoms with Crippen molar-refractivity contribution in [2.24, 2.45) is 4.99 Å². The summed E-state index contributed by atoms with van der Waals surface area (Å²) < 4.78 is 24.4. The Kier molecular flexibility index (Phi) is 12.7. The third-order valence-electron chi connectivity index (χ3n) is 5.69. The van der Waals surface area contributed by atoms with E-state index in [1.54, 1.807) is 0 Å². The van der Waals surface area contributed by atoms with E-state index in [2.05, 4.69) is 22.5 Å². The molecule has 1 aromatic rings. The quantitative estimate of drug-likeness (QED) is 0.214. The van der Waals surface area contributed by atoms with Crippen LogP contribution in [0.1, 0.15) is 44.6 Å². The monoisotopic (exact) mass is 548 g/mol. The second-order valence-electron chi connectivity index (χ2n) is 8.12. The highest BCUT2D eigenvalue weighted by Crippen LogP contribution is 2.14. The van der Waals surface area contributed by atoms with E-state index in [-0.39, 0.29) is 29.8 Å². The van der Waals surface area contributed by atoms with Gasteiger partial charge in [-0.1, -0.05) is 12.1 Å². The molecule has 2 fully saturated rings. The minimum absolute atomic E-state index is 0. The van der Waals surface area contributed by atoms with Crippen LogP contribution in [-0.2, 0) is 16.0 Å². The van der Waals surface area contributed by atoms with Gasteiger partial charge in [-0.15, -0.1) is 24.0 Å². The molecule has 8 heteroatoms. The summed E-state index contributed by atoms with van der Waals surface area (Å²) in [7, 11) is 0. The summed E-state index contributed by atoms with van der Waals surface area (Å²) in [5.74, 6) is 0.729. The van der Waals surface area contributed by atoms with Gasteiger partial charge in [-0.25, -0.2) is 4.39 Å². The van der Waals surface area contributed by atoms with Gasteiger partial charge >= 0.3 is 0 Å². The maximum atomic E-state index is 13.1. The summed E-state index contributed by atoms with van der Waals surface area (Å²) in [4.78, 5) is 7.16. The Bertz CT molecular complexity index is 633. The Balaban J connectivity index is 0.00000341. The number of halogens is 2. The Labute approximate surface area is 203 Å². The normalized spacial score (nSPS) is 19.1. The van der Waals surface area contributed by atoms with Crippen molar-refractivity contribution < 1.29 is 13.9 Å². The Morgan fingerprint density at radius 2 is 1.87 bits per heavy atom. The number of nitrogens with zero attached hydrogens (tertiary/aromatic N) is 2. The molecule has 2 heterocycles. The Morgan fingerprint density at radius 3 is 2.55 bits per heavy atom. The standard InChI is InChI=1S/C23H37FN4O2.HI/c1-2-25-23(26-12-3-15-30-22-10-16-29-17-11-22)27-21-8-13-28(14-9-21)18-19-4-6-20(24)7-5-19;/h4-7,21-22H,2-3,8-18H2,1H3,(H2,25,26,27);1H. The molecular weight excluding hydrogens is 510 g/mol. The lowest BCUT2D eigenvalue weighted by molar-refractivity contribution is -0.0318. The van der Waals surface area contributed by atoms with Gasteiger partial charge in [0, 0.05) is 58.6 Å². The molecule has 0 saturated carbocycles. The lowest BCUT2D eigenvalue weighted by atomic mass is 10.0. The fourth-order valence-electron chi connectivity index (χ4n) is 3.94. The molecule has 0 amide bonds. The van der Waals surface area contributed by atoms with E-state index < -0.39 is 0 Å². The third-order valence-corrected chi connectivity index (χ3v) is 5.69. The fraction of sp³-hybridized carbons (Fsp3) is 0.696. The SMILES string of the molecule is CCNC(=NCCCOC1CCOCC1)NC1CCN(Cc2ccc(F)cc2)CC1.I. The van der Waals surface area contributed by atoms with E-state index in [1.807, 2.05) is 12.1 Å². The maximum Gasteiger partial charge on any atom is 0.191 e. The largest absolute Gasteiger partial charge is 0.381 e. The number of likely N-dealkylation sites (tertiary alicyclic amines) is 1. The van der Waals surface area contributed by atoms with Crippen LogP contribution in [-0.4, -0.2) is 69.0 Å². The summed E-state index contributed by atoms with van der Waals surface area (Å²) in [6.07, 6.45) is 5.47. The molecular formula is C23H38FIN4O2. The highest BCUT2D eigenvalue weighted by atomic mass is 127. The van der Waals surface area contributed by atoms with Crippen LogP contribution in [0.25, 0.3) is 0 Å². The van der Waals surface area contributed by atoms with Crippen LogP contribution < -0.4 is 10.6 Å². The molecule has 0 bridgehead atoms. The van der Waals surface area contributed by atoms with Crippen LogP contribution in [0.4, 0.5) is 4.39 Å². The lowest BCUT2D eigenvalue weighted by Gasteiger charge is -2.33. The van der Waals surface area contributed by atoms with Crippen molar-refractivity contribution in [2.45, 2.75) is 57.7 Å². The smallest absolute Gasteiger partial charge is 0.191 e. The number of ether oxygens (including phenoxy) is 2. The average Bonchev–Trinajstić information content (AvgIpc) is 2.77. The van der Waals surface area contributed by atoms with Gasteiger partial charge in [0.1, 0.15) is 5.82 Å². The van der Waals surface area contributed by atoms with E-state index in [0.29, 0.717) is 12.1 Å². The molecule has 6 nitrogen and oxygen atoms in total. The van der Waals surface area contributed by atoms with Crippen LogP contribution in [0.15, 0.2) is 29.3 Å². The molecule has 3 rings (SSSR count). The number of aliphatic imine (C=N–C) groups is 1. The second-order valence-corrected chi connectivity index (χ2v) is 8.12. The molecule has 31 heavy (non-hydrogen) atoms. The van der Waals surface area contributed by atoms with Crippen LogP contribution in [0.3, 0.4) is 0 Å². The molecule has 2 N–H and O–H groups in total. The van der Waals surface area contributed by atoms with Crippen molar-refractivity contribution in [1.29, 1.82) is 0 Å². The molecule has 0 aromatic heterocycles. The molecule has 2 saturated heterocycles. The second kappa shape index (κ2) is 15.0. The number of hydrogen-bond donors (Lipinski definition) is 2. The van der Waals surface area contributed by atoms with Crippen molar-refractivity contribution in [1.82, 2.24) is 15.5 Å². The molecule has 2 aliphatic heterocycles. The van der Waals surface area contributed by atoms with Gasteiger partial charge in [0.15, 0.2) is 5.96 Å². The van der Waals surface area contributed by atoms with Crippen LogP contribution >= 0.6 is 24.0 Å². The molecule has 0 aliphatic carbocycles. The summed E-state index contributed by atoms with van der Waals surface area (Å²) in [5, 5.41) is 6.95. The average molecular weight is 548 g/mol. The molecule has 0 atom stereocenters. The minimum atomic E-state index is -0.174. The first-order valence-electron chi connectivity index (χ1n) is 11.4.